The van der Waals surface area contributed by atoms with Gasteiger partial charge in [-0.2, -0.15) is 0 Å². The van der Waals surface area contributed by atoms with E-state index in [9.17, 15) is 9.59 Å². The molecule has 1 aliphatic carbocycles. The van der Waals surface area contributed by atoms with Gasteiger partial charge in [-0.05, 0) is 31.6 Å². The molecule has 1 aromatic heterocycles. The minimum atomic E-state index is 0.0127. The van der Waals surface area contributed by atoms with Gasteiger partial charge < -0.3 is 9.80 Å². The summed E-state index contributed by atoms with van der Waals surface area (Å²) in [5.41, 5.74) is 2.12. The van der Waals surface area contributed by atoms with E-state index < -0.39 is 0 Å². The molecule has 0 radical (unpaired) electrons. The van der Waals surface area contributed by atoms with E-state index in [0.29, 0.717) is 18.9 Å². The Hall–Kier alpha value is -1.98. The van der Waals surface area contributed by atoms with Gasteiger partial charge in [0.1, 0.15) is 0 Å². The predicted molar refractivity (Wildman–Crippen MR) is 102 cm³/mol. The molecule has 1 atom stereocenters. The second-order valence-corrected chi connectivity index (χ2v) is 8.34. The molecule has 1 aromatic rings. The van der Waals surface area contributed by atoms with Crippen molar-refractivity contribution in [3.8, 4) is 0 Å². The molecule has 0 unspecified atom stereocenters. The zero-order chi connectivity index (χ0) is 18.8. The molecular formula is C21H30N4O2. The van der Waals surface area contributed by atoms with E-state index in [4.69, 9.17) is 4.98 Å². The van der Waals surface area contributed by atoms with Gasteiger partial charge in [0, 0.05) is 51.2 Å². The summed E-state index contributed by atoms with van der Waals surface area (Å²) in [6.07, 6.45) is 11.6. The summed E-state index contributed by atoms with van der Waals surface area (Å²) >= 11 is 0. The van der Waals surface area contributed by atoms with Crippen LogP contribution in [0.2, 0.25) is 0 Å². The van der Waals surface area contributed by atoms with Crippen LogP contribution in [0.25, 0.3) is 0 Å². The maximum atomic E-state index is 12.7. The van der Waals surface area contributed by atoms with Gasteiger partial charge in [0.05, 0.1) is 11.7 Å². The lowest BCUT2D eigenvalue weighted by Gasteiger charge is -2.31. The van der Waals surface area contributed by atoms with Crippen LogP contribution in [-0.2, 0) is 22.6 Å². The van der Waals surface area contributed by atoms with Gasteiger partial charge in [0.25, 0.3) is 0 Å². The fourth-order valence-corrected chi connectivity index (χ4v) is 4.88. The summed E-state index contributed by atoms with van der Waals surface area (Å²) in [7, 11) is 0. The molecule has 6 heteroatoms. The number of likely N-dealkylation sites (tertiary alicyclic amines) is 1. The van der Waals surface area contributed by atoms with Crippen LogP contribution >= 0.6 is 0 Å². The van der Waals surface area contributed by atoms with Gasteiger partial charge in [-0.15, -0.1) is 0 Å². The van der Waals surface area contributed by atoms with Crippen LogP contribution in [0.4, 0.5) is 0 Å². The minimum absolute atomic E-state index is 0.0127. The number of aromatic nitrogens is 2. The molecule has 0 N–H and O–H groups in total. The number of rotatable bonds is 3. The molecule has 6 nitrogen and oxygen atoms in total. The maximum Gasteiger partial charge on any atom is 0.223 e. The van der Waals surface area contributed by atoms with Crippen molar-refractivity contribution in [3.05, 3.63) is 23.3 Å². The van der Waals surface area contributed by atoms with Crippen LogP contribution in [0.15, 0.2) is 6.20 Å². The third kappa shape index (κ3) is 3.99. The minimum Gasteiger partial charge on any atom is -0.338 e. The van der Waals surface area contributed by atoms with Crippen LogP contribution in [0, 0.1) is 5.92 Å². The van der Waals surface area contributed by atoms with Gasteiger partial charge in [-0.3, -0.25) is 9.59 Å². The van der Waals surface area contributed by atoms with Crippen molar-refractivity contribution in [1.29, 1.82) is 0 Å². The zero-order valence-electron chi connectivity index (χ0n) is 16.3. The van der Waals surface area contributed by atoms with Crippen LogP contribution in [0.5, 0.6) is 0 Å². The van der Waals surface area contributed by atoms with Crippen molar-refractivity contribution < 1.29 is 9.59 Å². The number of carbonyl (C=O) groups is 2. The first-order chi connectivity index (χ1) is 13.1. The standard InChI is InChI=1S/C21H30N4O2/c1-15(26)25-10-5-8-19(25)21-22-13-17-14-24(11-9-18(17)23-21)20(27)12-16-6-3-2-4-7-16/h13,16,19H,2-12,14H2,1H3/t19-/m1/s1. The lowest BCUT2D eigenvalue weighted by atomic mass is 9.86. The number of nitrogens with zero attached hydrogens (tertiary/aromatic N) is 4. The van der Waals surface area contributed by atoms with E-state index in [1.165, 1.54) is 32.1 Å². The molecule has 3 aliphatic rings. The third-order valence-corrected chi connectivity index (χ3v) is 6.45. The molecule has 146 valence electrons. The van der Waals surface area contributed by atoms with Crippen LogP contribution in [0.3, 0.4) is 0 Å². The second kappa shape index (κ2) is 7.95. The Morgan fingerprint density at radius 1 is 1.11 bits per heavy atom. The Kier molecular flexibility index (Phi) is 5.41. The highest BCUT2D eigenvalue weighted by molar-refractivity contribution is 5.76. The SMILES string of the molecule is CC(=O)N1CCC[C@@H]1c1ncc2c(n1)CCN(C(=O)CC1CCCCC1)C2. The molecule has 2 aliphatic heterocycles. The van der Waals surface area contributed by atoms with Crippen LogP contribution < -0.4 is 0 Å². The van der Waals surface area contributed by atoms with Crippen molar-refractivity contribution in [2.45, 2.75) is 77.3 Å². The van der Waals surface area contributed by atoms with E-state index in [1.807, 2.05) is 16.0 Å². The molecule has 1 saturated heterocycles. The summed E-state index contributed by atoms with van der Waals surface area (Å²) in [5, 5.41) is 0. The number of carbonyl (C=O) groups excluding carboxylic acids is 2. The van der Waals surface area contributed by atoms with E-state index in [0.717, 1.165) is 49.4 Å². The van der Waals surface area contributed by atoms with Crippen molar-refractivity contribution >= 4 is 11.8 Å². The van der Waals surface area contributed by atoms with E-state index in [1.54, 1.807) is 6.92 Å². The van der Waals surface area contributed by atoms with E-state index >= 15 is 0 Å². The Morgan fingerprint density at radius 2 is 1.93 bits per heavy atom. The van der Waals surface area contributed by atoms with Gasteiger partial charge in [-0.25, -0.2) is 9.97 Å². The van der Waals surface area contributed by atoms with Crippen molar-refractivity contribution in [2.75, 3.05) is 13.1 Å². The highest BCUT2D eigenvalue weighted by Gasteiger charge is 2.31. The highest BCUT2D eigenvalue weighted by Crippen LogP contribution is 2.31. The van der Waals surface area contributed by atoms with Crippen molar-refractivity contribution in [2.24, 2.45) is 5.92 Å². The number of amides is 2. The first kappa shape index (κ1) is 18.4. The van der Waals surface area contributed by atoms with Gasteiger partial charge in [0.15, 0.2) is 5.82 Å². The lowest BCUT2D eigenvalue weighted by Crippen LogP contribution is -2.38. The molecule has 3 heterocycles. The number of fused-ring (bicyclic) bond motifs is 1. The molecular weight excluding hydrogens is 340 g/mol. The molecule has 0 spiro atoms. The predicted octanol–water partition coefficient (Wildman–Crippen LogP) is 3.02. The fraction of sp³-hybridized carbons (Fsp3) is 0.714. The summed E-state index contributed by atoms with van der Waals surface area (Å²) < 4.78 is 0. The number of hydrogen-bond donors (Lipinski definition) is 0. The average molecular weight is 370 g/mol. The Balaban J connectivity index is 1.41. The lowest BCUT2D eigenvalue weighted by molar-refractivity contribution is -0.133. The third-order valence-electron chi connectivity index (χ3n) is 6.45. The first-order valence-corrected chi connectivity index (χ1v) is 10.5. The largest absolute Gasteiger partial charge is 0.338 e. The smallest absolute Gasteiger partial charge is 0.223 e. The second-order valence-electron chi connectivity index (χ2n) is 8.34. The topological polar surface area (TPSA) is 66.4 Å². The van der Waals surface area contributed by atoms with Crippen molar-refractivity contribution in [3.63, 3.8) is 0 Å². The average Bonchev–Trinajstić information content (AvgIpc) is 3.18. The molecule has 1 saturated carbocycles. The molecule has 2 amide bonds. The van der Waals surface area contributed by atoms with Crippen molar-refractivity contribution in [1.82, 2.24) is 19.8 Å². The molecule has 4 rings (SSSR count). The summed E-state index contributed by atoms with van der Waals surface area (Å²) in [6.45, 7) is 3.79. The monoisotopic (exact) mass is 370 g/mol. The highest BCUT2D eigenvalue weighted by atomic mass is 16.2. The summed E-state index contributed by atoms with van der Waals surface area (Å²) in [6, 6.07) is 0.0127. The molecule has 0 aromatic carbocycles. The molecule has 27 heavy (non-hydrogen) atoms. The Labute approximate surface area is 161 Å². The van der Waals surface area contributed by atoms with E-state index in [-0.39, 0.29) is 17.9 Å². The maximum absolute atomic E-state index is 12.7. The summed E-state index contributed by atoms with van der Waals surface area (Å²) in [5.74, 6) is 1.73. The van der Waals surface area contributed by atoms with Gasteiger partial charge >= 0.3 is 0 Å². The summed E-state index contributed by atoms with van der Waals surface area (Å²) in [4.78, 5) is 37.8. The Morgan fingerprint density at radius 3 is 2.70 bits per heavy atom. The fourth-order valence-electron chi connectivity index (χ4n) is 4.88. The van der Waals surface area contributed by atoms with Crippen LogP contribution in [-0.4, -0.2) is 44.7 Å². The number of hydrogen-bond acceptors (Lipinski definition) is 4. The zero-order valence-corrected chi connectivity index (χ0v) is 16.3. The first-order valence-electron chi connectivity index (χ1n) is 10.5. The van der Waals surface area contributed by atoms with Gasteiger partial charge in [0.2, 0.25) is 11.8 Å². The Bertz CT molecular complexity index is 714. The molecule has 0 bridgehead atoms. The normalized spacial score (nSPS) is 23.4. The van der Waals surface area contributed by atoms with Crippen LogP contribution in [0.1, 0.15) is 81.4 Å². The quantitative estimate of drug-likeness (QED) is 0.820. The van der Waals surface area contributed by atoms with E-state index in [2.05, 4.69) is 4.98 Å². The molecule has 2 fully saturated rings. The van der Waals surface area contributed by atoms with Gasteiger partial charge in [-0.1, -0.05) is 19.3 Å².